The van der Waals surface area contributed by atoms with E-state index in [0.717, 1.165) is 10.7 Å². The fourth-order valence-corrected chi connectivity index (χ4v) is 5.12. The average Bonchev–Trinajstić information content (AvgIpc) is 2.93. The number of thiazole rings is 1. The standard InChI is InChI=1S/C11H14N2O3S3/c1-7-5-17-9(4-14)11(7)19(15,16)12-3-10-13-8(2)6-18-10/h5-6,12,14H,3-4H2,1-2H3. The summed E-state index contributed by atoms with van der Waals surface area (Å²) >= 11 is 2.66. The van der Waals surface area contributed by atoms with Crippen LogP contribution in [0.4, 0.5) is 0 Å². The molecule has 0 aliphatic carbocycles. The maximum absolute atomic E-state index is 12.2. The molecule has 0 spiro atoms. The second-order valence-electron chi connectivity index (χ2n) is 4.04. The molecule has 0 radical (unpaired) electrons. The van der Waals surface area contributed by atoms with Crippen molar-refractivity contribution >= 4 is 32.7 Å². The SMILES string of the molecule is Cc1csc(CNS(=O)(=O)c2c(C)csc2CO)n1. The van der Waals surface area contributed by atoms with Crippen molar-refractivity contribution in [3.05, 3.63) is 31.9 Å². The molecule has 0 aliphatic rings. The molecule has 0 saturated carbocycles. The molecule has 0 atom stereocenters. The molecule has 2 rings (SSSR count). The lowest BCUT2D eigenvalue weighted by atomic mass is 10.3. The van der Waals surface area contributed by atoms with Crippen molar-refractivity contribution in [3.63, 3.8) is 0 Å². The molecule has 0 unspecified atom stereocenters. The number of aliphatic hydroxyl groups is 1. The number of aliphatic hydroxyl groups excluding tert-OH is 1. The third-order valence-corrected chi connectivity index (χ3v) is 6.30. The number of aryl methyl sites for hydroxylation is 2. The van der Waals surface area contributed by atoms with Crippen LogP contribution in [0.5, 0.6) is 0 Å². The zero-order valence-electron chi connectivity index (χ0n) is 10.5. The molecule has 0 saturated heterocycles. The van der Waals surface area contributed by atoms with Gasteiger partial charge in [0, 0.05) is 11.1 Å². The van der Waals surface area contributed by atoms with E-state index in [2.05, 4.69) is 9.71 Å². The molecule has 0 aromatic carbocycles. The Balaban J connectivity index is 2.20. The van der Waals surface area contributed by atoms with E-state index in [1.54, 1.807) is 12.3 Å². The van der Waals surface area contributed by atoms with Crippen LogP contribution in [0.2, 0.25) is 0 Å². The lowest BCUT2D eigenvalue weighted by Gasteiger charge is -2.06. The summed E-state index contributed by atoms with van der Waals surface area (Å²) in [5.41, 5.74) is 1.53. The summed E-state index contributed by atoms with van der Waals surface area (Å²) in [5.74, 6) is 0. The van der Waals surface area contributed by atoms with Crippen molar-refractivity contribution in [3.8, 4) is 0 Å². The van der Waals surface area contributed by atoms with Gasteiger partial charge in [-0.15, -0.1) is 22.7 Å². The van der Waals surface area contributed by atoms with Gasteiger partial charge in [-0.3, -0.25) is 0 Å². The van der Waals surface area contributed by atoms with E-state index in [4.69, 9.17) is 0 Å². The first-order chi connectivity index (χ1) is 8.94. The second kappa shape index (κ2) is 5.68. The maximum Gasteiger partial charge on any atom is 0.242 e. The highest BCUT2D eigenvalue weighted by Crippen LogP contribution is 2.26. The molecular weight excluding hydrogens is 304 g/mol. The number of nitrogens with one attached hydrogen (secondary N) is 1. The summed E-state index contributed by atoms with van der Waals surface area (Å²) in [4.78, 5) is 4.85. The topological polar surface area (TPSA) is 79.3 Å². The summed E-state index contributed by atoms with van der Waals surface area (Å²) in [6, 6.07) is 0. The first-order valence-electron chi connectivity index (χ1n) is 5.52. The van der Waals surface area contributed by atoms with Crippen LogP contribution >= 0.6 is 22.7 Å². The Morgan fingerprint density at radius 2 is 2.05 bits per heavy atom. The Hall–Kier alpha value is -0.800. The van der Waals surface area contributed by atoms with E-state index in [1.807, 2.05) is 12.3 Å². The molecule has 104 valence electrons. The zero-order chi connectivity index (χ0) is 14.0. The molecule has 5 nitrogen and oxygen atoms in total. The fraction of sp³-hybridized carbons (Fsp3) is 0.364. The van der Waals surface area contributed by atoms with Crippen LogP contribution in [0.1, 0.15) is 21.1 Å². The van der Waals surface area contributed by atoms with Crippen molar-refractivity contribution in [2.45, 2.75) is 31.9 Å². The van der Waals surface area contributed by atoms with Gasteiger partial charge >= 0.3 is 0 Å². The van der Waals surface area contributed by atoms with Crippen molar-refractivity contribution in [2.24, 2.45) is 0 Å². The molecule has 2 N–H and O–H groups in total. The van der Waals surface area contributed by atoms with Gasteiger partial charge in [-0.2, -0.15) is 0 Å². The van der Waals surface area contributed by atoms with Gasteiger partial charge in [0.05, 0.1) is 18.0 Å². The summed E-state index contributed by atoms with van der Waals surface area (Å²) in [7, 11) is -3.61. The number of hydrogen-bond acceptors (Lipinski definition) is 6. The van der Waals surface area contributed by atoms with Gasteiger partial charge in [-0.1, -0.05) is 0 Å². The van der Waals surface area contributed by atoms with Crippen molar-refractivity contribution in [1.29, 1.82) is 0 Å². The summed E-state index contributed by atoms with van der Waals surface area (Å²) < 4.78 is 27.0. The first-order valence-corrected chi connectivity index (χ1v) is 8.77. The minimum absolute atomic E-state index is 0.168. The van der Waals surface area contributed by atoms with Gasteiger partial charge in [-0.25, -0.2) is 18.1 Å². The third kappa shape index (κ3) is 3.21. The van der Waals surface area contributed by atoms with Crippen LogP contribution in [0.25, 0.3) is 0 Å². The third-order valence-electron chi connectivity index (χ3n) is 2.48. The zero-order valence-corrected chi connectivity index (χ0v) is 13.0. The molecule has 0 fully saturated rings. The number of aromatic nitrogens is 1. The van der Waals surface area contributed by atoms with Gasteiger partial charge in [-0.05, 0) is 24.8 Å². The average molecular weight is 318 g/mol. The van der Waals surface area contributed by atoms with Gasteiger partial charge in [0.15, 0.2) is 0 Å². The maximum atomic E-state index is 12.2. The number of sulfonamides is 1. The molecule has 2 aromatic rings. The van der Waals surface area contributed by atoms with Gasteiger partial charge in [0.2, 0.25) is 10.0 Å². The fourth-order valence-electron chi connectivity index (χ4n) is 1.67. The van der Waals surface area contributed by atoms with Gasteiger partial charge in [0.1, 0.15) is 9.90 Å². The Morgan fingerprint density at radius 1 is 1.32 bits per heavy atom. The van der Waals surface area contributed by atoms with E-state index >= 15 is 0 Å². The van der Waals surface area contributed by atoms with Gasteiger partial charge < -0.3 is 5.11 Å². The molecule has 2 heterocycles. The highest BCUT2D eigenvalue weighted by Gasteiger charge is 2.22. The number of rotatable bonds is 5. The van der Waals surface area contributed by atoms with E-state index in [9.17, 15) is 13.5 Å². The van der Waals surface area contributed by atoms with Crippen LogP contribution in [0.3, 0.4) is 0 Å². The smallest absolute Gasteiger partial charge is 0.242 e. The largest absolute Gasteiger partial charge is 0.391 e. The minimum Gasteiger partial charge on any atom is -0.391 e. The summed E-state index contributed by atoms with van der Waals surface area (Å²) in [6.07, 6.45) is 0. The quantitative estimate of drug-likeness (QED) is 0.881. The van der Waals surface area contributed by atoms with Crippen LogP contribution in [-0.4, -0.2) is 18.5 Å². The Kier molecular flexibility index (Phi) is 4.36. The monoisotopic (exact) mass is 318 g/mol. The van der Waals surface area contributed by atoms with Crippen LogP contribution in [0, 0.1) is 13.8 Å². The lowest BCUT2D eigenvalue weighted by Crippen LogP contribution is -2.24. The highest BCUT2D eigenvalue weighted by atomic mass is 32.2. The van der Waals surface area contributed by atoms with Crippen LogP contribution in [0.15, 0.2) is 15.7 Å². The predicted molar refractivity (Wildman–Crippen MR) is 75.9 cm³/mol. The molecular formula is C11H14N2O3S3. The molecule has 0 bridgehead atoms. The van der Waals surface area contributed by atoms with Crippen LogP contribution in [-0.2, 0) is 23.2 Å². The summed E-state index contributed by atoms with van der Waals surface area (Å²) in [5, 5.41) is 13.5. The summed E-state index contributed by atoms with van der Waals surface area (Å²) in [6.45, 7) is 3.48. The van der Waals surface area contributed by atoms with Gasteiger partial charge in [0.25, 0.3) is 0 Å². The number of nitrogens with zero attached hydrogens (tertiary/aromatic N) is 1. The minimum atomic E-state index is -3.61. The Morgan fingerprint density at radius 3 is 2.63 bits per heavy atom. The molecule has 8 heteroatoms. The lowest BCUT2D eigenvalue weighted by molar-refractivity contribution is 0.282. The number of hydrogen-bond donors (Lipinski definition) is 2. The molecule has 19 heavy (non-hydrogen) atoms. The normalized spacial score (nSPS) is 11.9. The number of thiophene rings is 1. The van der Waals surface area contributed by atoms with Crippen molar-refractivity contribution in [2.75, 3.05) is 0 Å². The van der Waals surface area contributed by atoms with Crippen molar-refractivity contribution in [1.82, 2.24) is 9.71 Å². The van der Waals surface area contributed by atoms with E-state index in [-0.39, 0.29) is 18.0 Å². The Labute approximate surface area is 120 Å². The van der Waals surface area contributed by atoms with Crippen molar-refractivity contribution < 1.29 is 13.5 Å². The second-order valence-corrected chi connectivity index (χ2v) is 7.65. The molecule has 2 aromatic heterocycles. The van der Waals surface area contributed by atoms with E-state index in [0.29, 0.717) is 10.4 Å². The van der Waals surface area contributed by atoms with Crippen LogP contribution < -0.4 is 4.72 Å². The highest BCUT2D eigenvalue weighted by molar-refractivity contribution is 7.89. The first kappa shape index (κ1) is 14.6. The Bertz CT molecular complexity index is 673. The predicted octanol–water partition coefficient (Wildman–Crippen LogP) is 1.79. The molecule has 0 aliphatic heterocycles. The van der Waals surface area contributed by atoms with E-state index in [1.165, 1.54) is 22.7 Å². The van der Waals surface area contributed by atoms with E-state index < -0.39 is 10.0 Å². The molecule has 0 amide bonds.